The molecule has 2 aliphatic rings. The fourth-order valence-electron chi connectivity index (χ4n) is 3.82. The quantitative estimate of drug-likeness (QED) is 0.823. The number of hydrogen-bond acceptors (Lipinski definition) is 2. The first kappa shape index (κ1) is 17.0. The molecule has 130 valence electrons. The van der Waals surface area contributed by atoms with Crippen LogP contribution in [-0.4, -0.2) is 29.6 Å². The molecule has 1 heterocycles. The van der Waals surface area contributed by atoms with Crippen LogP contribution in [0.2, 0.25) is 10.0 Å². The van der Waals surface area contributed by atoms with Gasteiger partial charge in [0.1, 0.15) is 5.82 Å². The summed E-state index contributed by atoms with van der Waals surface area (Å²) in [5, 5.41) is 11.3. The third kappa shape index (κ3) is 3.34. The lowest BCUT2D eigenvalue weighted by Gasteiger charge is -2.30. The number of β-amino-alcohol motifs (C(OH)–C–C–N with tert-alkyl or cyclic N) is 1. The summed E-state index contributed by atoms with van der Waals surface area (Å²) in [5.41, 5.74) is 6.09. The SMILES string of the molecule is OC(CN1CCC2=C(Cc3ccc(Cl)cc32)C1)c1ccc(F)c(Cl)c1. The first-order chi connectivity index (χ1) is 12.0. The Balaban J connectivity index is 1.47. The second-order valence-corrected chi connectivity index (χ2v) is 7.58. The largest absolute Gasteiger partial charge is 0.387 e. The first-order valence-electron chi connectivity index (χ1n) is 8.36. The predicted molar refractivity (Wildman–Crippen MR) is 99.5 cm³/mol. The van der Waals surface area contributed by atoms with E-state index in [9.17, 15) is 9.50 Å². The Morgan fingerprint density at radius 3 is 2.80 bits per heavy atom. The lowest BCUT2D eigenvalue weighted by Crippen LogP contribution is -2.34. The van der Waals surface area contributed by atoms with Crippen molar-refractivity contribution in [2.75, 3.05) is 19.6 Å². The maximum atomic E-state index is 13.3. The molecule has 0 radical (unpaired) electrons. The molecule has 0 fully saturated rings. The Hall–Kier alpha value is -1.39. The van der Waals surface area contributed by atoms with Crippen molar-refractivity contribution < 1.29 is 9.50 Å². The van der Waals surface area contributed by atoms with E-state index in [1.165, 1.54) is 34.4 Å². The van der Waals surface area contributed by atoms with Gasteiger partial charge in [-0.2, -0.15) is 0 Å². The second kappa shape index (κ2) is 6.73. The number of aliphatic hydroxyl groups excluding tert-OH is 1. The van der Waals surface area contributed by atoms with Crippen LogP contribution in [0.4, 0.5) is 4.39 Å². The van der Waals surface area contributed by atoms with Gasteiger partial charge in [-0.05, 0) is 64.9 Å². The number of aliphatic hydroxyl groups is 1. The Labute approximate surface area is 156 Å². The molecule has 5 heteroatoms. The zero-order valence-electron chi connectivity index (χ0n) is 13.6. The zero-order valence-corrected chi connectivity index (χ0v) is 15.1. The molecule has 1 atom stereocenters. The van der Waals surface area contributed by atoms with Crippen LogP contribution in [0.1, 0.15) is 29.2 Å². The van der Waals surface area contributed by atoms with Crippen LogP contribution >= 0.6 is 23.2 Å². The van der Waals surface area contributed by atoms with Crippen molar-refractivity contribution >= 4 is 28.8 Å². The minimum absolute atomic E-state index is 0.0447. The average molecular weight is 378 g/mol. The Bertz CT molecular complexity index is 865. The molecule has 2 aromatic carbocycles. The minimum atomic E-state index is -0.682. The molecule has 2 aromatic rings. The summed E-state index contributed by atoms with van der Waals surface area (Å²) in [6, 6.07) is 10.5. The standard InChI is InChI=1S/C20H18Cl2FNO/c21-15-3-1-12-7-14-10-24(6-5-16(14)17(12)9-15)11-20(25)13-2-4-19(23)18(22)8-13/h1-4,8-9,20,25H,5-7,10-11H2. The topological polar surface area (TPSA) is 23.5 Å². The van der Waals surface area contributed by atoms with Crippen LogP contribution in [0.25, 0.3) is 5.57 Å². The Kier molecular flexibility index (Phi) is 4.59. The van der Waals surface area contributed by atoms with Gasteiger partial charge >= 0.3 is 0 Å². The molecule has 0 bridgehead atoms. The Morgan fingerprint density at radius 2 is 2.00 bits per heavy atom. The predicted octanol–water partition coefficient (Wildman–Crippen LogP) is 4.88. The lowest BCUT2D eigenvalue weighted by molar-refractivity contribution is 0.117. The molecule has 25 heavy (non-hydrogen) atoms. The van der Waals surface area contributed by atoms with E-state index in [0.29, 0.717) is 12.1 Å². The summed E-state index contributed by atoms with van der Waals surface area (Å²) in [6.45, 7) is 2.24. The molecule has 0 spiro atoms. The van der Waals surface area contributed by atoms with Gasteiger partial charge in [0, 0.05) is 24.7 Å². The van der Waals surface area contributed by atoms with E-state index in [1.807, 2.05) is 6.07 Å². The Morgan fingerprint density at radius 1 is 1.16 bits per heavy atom. The highest BCUT2D eigenvalue weighted by atomic mass is 35.5. The van der Waals surface area contributed by atoms with Crippen molar-refractivity contribution in [2.45, 2.75) is 18.9 Å². The van der Waals surface area contributed by atoms with E-state index in [2.05, 4.69) is 17.0 Å². The van der Waals surface area contributed by atoms with Crippen molar-refractivity contribution in [2.24, 2.45) is 0 Å². The number of fused-ring (bicyclic) bond motifs is 2. The zero-order chi connectivity index (χ0) is 17.6. The van der Waals surface area contributed by atoms with Crippen molar-refractivity contribution in [1.82, 2.24) is 4.90 Å². The summed E-state index contributed by atoms with van der Waals surface area (Å²) in [4.78, 5) is 2.24. The summed E-state index contributed by atoms with van der Waals surface area (Å²) < 4.78 is 13.3. The van der Waals surface area contributed by atoms with Crippen molar-refractivity contribution in [1.29, 1.82) is 0 Å². The summed E-state index contributed by atoms with van der Waals surface area (Å²) in [7, 11) is 0. The van der Waals surface area contributed by atoms with Gasteiger partial charge in [-0.3, -0.25) is 4.90 Å². The normalized spacial score (nSPS) is 18.2. The molecule has 1 aliphatic heterocycles. The van der Waals surface area contributed by atoms with Gasteiger partial charge < -0.3 is 5.11 Å². The molecule has 4 rings (SSSR count). The fraction of sp³-hybridized carbons (Fsp3) is 0.300. The molecule has 0 aromatic heterocycles. The molecule has 1 aliphatic carbocycles. The van der Waals surface area contributed by atoms with Gasteiger partial charge in [-0.15, -0.1) is 0 Å². The van der Waals surface area contributed by atoms with Crippen LogP contribution in [0.5, 0.6) is 0 Å². The highest BCUT2D eigenvalue weighted by molar-refractivity contribution is 6.31. The van der Waals surface area contributed by atoms with E-state index < -0.39 is 11.9 Å². The fourth-order valence-corrected chi connectivity index (χ4v) is 4.18. The van der Waals surface area contributed by atoms with Gasteiger partial charge in [-0.1, -0.05) is 35.3 Å². The van der Waals surface area contributed by atoms with Gasteiger partial charge in [-0.25, -0.2) is 4.39 Å². The molecule has 1 N–H and O–H groups in total. The summed E-state index contributed by atoms with van der Waals surface area (Å²) >= 11 is 12.0. The molecule has 0 saturated carbocycles. The van der Waals surface area contributed by atoms with E-state index in [0.717, 1.165) is 31.0 Å². The third-order valence-electron chi connectivity index (χ3n) is 5.08. The number of rotatable bonds is 3. The minimum Gasteiger partial charge on any atom is -0.387 e. The highest BCUT2D eigenvalue weighted by Gasteiger charge is 2.28. The highest BCUT2D eigenvalue weighted by Crippen LogP contribution is 2.39. The van der Waals surface area contributed by atoms with Crippen LogP contribution in [0.15, 0.2) is 42.0 Å². The molecule has 0 amide bonds. The smallest absolute Gasteiger partial charge is 0.141 e. The van der Waals surface area contributed by atoms with E-state index >= 15 is 0 Å². The number of hydrogen-bond donors (Lipinski definition) is 1. The molecule has 1 unspecified atom stereocenters. The van der Waals surface area contributed by atoms with Gasteiger partial charge in [0.15, 0.2) is 0 Å². The molecule has 2 nitrogen and oxygen atoms in total. The second-order valence-electron chi connectivity index (χ2n) is 6.73. The van der Waals surface area contributed by atoms with Crippen LogP contribution < -0.4 is 0 Å². The summed E-state index contributed by atoms with van der Waals surface area (Å²) in [6.07, 6.45) is 1.23. The van der Waals surface area contributed by atoms with Crippen LogP contribution in [0.3, 0.4) is 0 Å². The van der Waals surface area contributed by atoms with E-state index in [-0.39, 0.29) is 5.02 Å². The van der Waals surface area contributed by atoms with Crippen molar-refractivity contribution in [3.05, 3.63) is 74.5 Å². The molecule has 0 saturated heterocycles. The van der Waals surface area contributed by atoms with Crippen LogP contribution in [-0.2, 0) is 6.42 Å². The van der Waals surface area contributed by atoms with Gasteiger partial charge in [0.05, 0.1) is 11.1 Å². The maximum absolute atomic E-state index is 13.3. The van der Waals surface area contributed by atoms with E-state index in [1.54, 1.807) is 6.07 Å². The van der Waals surface area contributed by atoms with Gasteiger partial charge in [0.2, 0.25) is 0 Å². The van der Waals surface area contributed by atoms with Gasteiger partial charge in [0.25, 0.3) is 0 Å². The lowest BCUT2D eigenvalue weighted by atomic mass is 9.98. The monoisotopic (exact) mass is 377 g/mol. The van der Waals surface area contributed by atoms with Crippen LogP contribution in [0, 0.1) is 5.82 Å². The van der Waals surface area contributed by atoms with Crippen molar-refractivity contribution in [3.63, 3.8) is 0 Å². The number of benzene rings is 2. The molecular weight excluding hydrogens is 360 g/mol. The average Bonchev–Trinajstić information content (AvgIpc) is 2.94. The number of halogens is 3. The number of nitrogens with zero attached hydrogens (tertiary/aromatic N) is 1. The van der Waals surface area contributed by atoms with Crippen molar-refractivity contribution in [3.8, 4) is 0 Å². The third-order valence-corrected chi connectivity index (χ3v) is 5.60. The summed E-state index contributed by atoms with van der Waals surface area (Å²) in [5.74, 6) is -0.465. The van der Waals surface area contributed by atoms with E-state index in [4.69, 9.17) is 23.2 Å². The first-order valence-corrected chi connectivity index (χ1v) is 9.12. The maximum Gasteiger partial charge on any atom is 0.141 e. The molecular formula is C20H18Cl2FNO.